The van der Waals surface area contributed by atoms with Crippen LogP contribution in [-0.4, -0.2) is 33.9 Å². The number of sulfone groups is 1. The lowest BCUT2D eigenvalue weighted by atomic mass is 10.2. The SMILES string of the molecule is COc1ccccc1CNC(=O)C(=O)NC[C@@H](c1cccs1)S(=O)(=O)c1ccccc1. The van der Waals surface area contributed by atoms with Crippen molar-refractivity contribution in [3.63, 3.8) is 0 Å². The molecule has 162 valence electrons. The summed E-state index contributed by atoms with van der Waals surface area (Å²) in [5.41, 5.74) is 0.717. The Kier molecular flexibility index (Phi) is 7.43. The third-order valence-electron chi connectivity index (χ3n) is 4.59. The number of hydrogen-bond donors (Lipinski definition) is 2. The second kappa shape index (κ2) is 10.2. The Morgan fingerprint density at radius 1 is 0.935 bits per heavy atom. The average molecular weight is 459 g/mol. The number of rotatable bonds is 8. The largest absolute Gasteiger partial charge is 0.496 e. The lowest BCUT2D eigenvalue weighted by molar-refractivity contribution is -0.139. The van der Waals surface area contributed by atoms with E-state index in [-0.39, 0.29) is 18.0 Å². The van der Waals surface area contributed by atoms with Crippen LogP contribution >= 0.6 is 11.3 Å². The summed E-state index contributed by atoms with van der Waals surface area (Å²) in [6.45, 7) is -0.119. The highest BCUT2D eigenvalue weighted by Crippen LogP contribution is 2.31. The van der Waals surface area contributed by atoms with Gasteiger partial charge in [-0.1, -0.05) is 42.5 Å². The van der Waals surface area contributed by atoms with E-state index in [1.807, 2.05) is 0 Å². The van der Waals surface area contributed by atoms with Crippen molar-refractivity contribution < 1.29 is 22.7 Å². The van der Waals surface area contributed by atoms with Crippen LogP contribution in [0.4, 0.5) is 0 Å². The molecule has 7 nitrogen and oxygen atoms in total. The number of amides is 2. The number of carbonyl (C=O) groups is 2. The predicted octanol–water partition coefficient (Wildman–Crippen LogP) is 2.70. The van der Waals surface area contributed by atoms with Crippen LogP contribution in [0.3, 0.4) is 0 Å². The summed E-state index contributed by atoms with van der Waals surface area (Å²) in [5, 5.41) is 5.75. The first-order valence-corrected chi connectivity index (χ1v) is 11.9. The Hall–Kier alpha value is -3.17. The van der Waals surface area contributed by atoms with Gasteiger partial charge in [0.15, 0.2) is 9.84 Å². The topological polar surface area (TPSA) is 102 Å². The van der Waals surface area contributed by atoms with E-state index in [2.05, 4.69) is 10.6 Å². The van der Waals surface area contributed by atoms with Crippen molar-refractivity contribution in [1.82, 2.24) is 10.6 Å². The molecule has 0 aliphatic carbocycles. The summed E-state index contributed by atoms with van der Waals surface area (Å²) >= 11 is 1.28. The molecule has 0 saturated carbocycles. The zero-order valence-corrected chi connectivity index (χ0v) is 18.4. The number of nitrogens with one attached hydrogen (secondary N) is 2. The Balaban J connectivity index is 1.67. The highest BCUT2D eigenvalue weighted by Gasteiger charge is 2.31. The van der Waals surface area contributed by atoms with Crippen LogP contribution in [0, 0.1) is 0 Å². The smallest absolute Gasteiger partial charge is 0.309 e. The fourth-order valence-corrected chi connectivity index (χ4v) is 5.79. The third-order valence-corrected chi connectivity index (χ3v) is 7.83. The third kappa shape index (κ3) is 5.50. The minimum atomic E-state index is -3.76. The molecule has 1 heterocycles. The molecule has 3 aromatic rings. The Morgan fingerprint density at radius 3 is 2.29 bits per heavy atom. The van der Waals surface area contributed by atoms with E-state index in [1.165, 1.54) is 30.6 Å². The highest BCUT2D eigenvalue weighted by molar-refractivity contribution is 7.91. The summed E-state index contributed by atoms with van der Waals surface area (Å²) < 4.78 is 31.5. The van der Waals surface area contributed by atoms with Crippen LogP contribution < -0.4 is 15.4 Å². The van der Waals surface area contributed by atoms with Crippen molar-refractivity contribution >= 4 is 33.0 Å². The lowest BCUT2D eigenvalue weighted by Crippen LogP contribution is -2.42. The van der Waals surface area contributed by atoms with Crippen LogP contribution in [0.25, 0.3) is 0 Å². The van der Waals surface area contributed by atoms with Gasteiger partial charge in [0.2, 0.25) is 0 Å². The molecule has 0 aliphatic rings. The van der Waals surface area contributed by atoms with Crippen LogP contribution in [0.15, 0.2) is 77.0 Å². The van der Waals surface area contributed by atoms with Gasteiger partial charge >= 0.3 is 11.8 Å². The zero-order valence-electron chi connectivity index (χ0n) is 16.8. The second-order valence-corrected chi connectivity index (χ2v) is 9.68. The van der Waals surface area contributed by atoms with Crippen LogP contribution in [-0.2, 0) is 26.0 Å². The molecule has 0 bridgehead atoms. The molecule has 2 N–H and O–H groups in total. The van der Waals surface area contributed by atoms with Crippen LogP contribution in [0.5, 0.6) is 5.75 Å². The van der Waals surface area contributed by atoms with Crippen molar-refractivity contribution in [2.24, 2.45) is 0 Å². The maximum absolute atomic E-state index is 13.1. The van der Waals surface area contributed by atoms with Gasteiger partial charge in [0.05, 0.1) is 12.0 Å². The summed E-state index contributed by atoms with van der Waals surface area (Å²) in [7, 11) is -2.24. The zero-order chi connectivity index (χ0) is 22.3. The standard InChI is InChI=1S/C22H22N2O5S2/c1-29-18-11-6-5-8-16(18)14-23-21(25)22(26)24-15-20(19-12-7-13-30-19)31(27,28)17-9-3-2-4-10-17/h2-13,20H,14-15H2,1H3,(H,23,25)(H,24,26)/t20-/m0/s1. The molecule has 9 heteroatoms. The molecular formula is C22H22N2O5S2. The van der Waals surface area contributed by atoms with Crippen LogP contribution in [0.1, 0.15) is 15.7 Å². The second-order valence-electron chi connectivity index (χ2n) is 6.57. The van der Waals surface area contributed by atoms with Gasteiger partial charge in [-0.15, -0.1) is 11.3 Å². The highest BCUT2D eigenvalue weighted by atomic mass is 32.2. The molecule has 3 rings (SSSR count). The van der Waals surface area contributed by atoms with E-state index in [0.717, 1.165) is 0 Å². The molecule has 0 spiro atoms. The van der Waals surface area contributed by atoms with Crippen LogP contribution in [0.2, 0.25) is 0 Å². The minimum Gasteiger partial charge on any atom is -0.496 e. The van der Waals surface area contributed by atoms with E-state index in [0.29, 0.717) is 16.2 Å². The van der Waals surface area contributed by atoms with E-state index < -0.39 is 26.9 Å². The van der Waals surface area contributed by atoms with E-state index in [4.69, 9.17) is 4.74 Å². The van der Waals surface area contributed by atoms with E-state index >= 15 is 0 Å². The number of ether oxygens (including phenoxy) is 1. The number of carbonyl (C=O) groups excluding carboxylic acids is 2. The predicted molar refractivity (Wildman–Crippen MR) is 119 cm³/mol. The van der Waals surface area contributed by atoms with Gasteiger partial charge < -0.3 is 15.4 Å². The van der Waals surface area contributed by atoms with Gasteiger partial charge in [-0.25, -0.2) is 8.42 Å². The fourth-order valence-electron chi connectivity index (χ4n) is 2.98. The van der Waals surface area contributed by atoms with Gasteiger partial charge in [-0.3, -0.25) is 9.59 Å². The first-order chi connectivity index (χ1) is 14.9. The van der Waals surface area contributed by atoms with Crippen molar-refractivity contribution in [3.8, 4) is 5.75 Å². The molecule has 0 aliphatic heterocycles. The normalized spacial score (nSPS) is 12.0. The van der Waals surface area contributed by atoms with Gasteiger partial charge in [-0.2, -0.15) is 0 Å². The number of thiophene rings is 1. The fraction of sp³-hybridized carbons (Fsp3) is 0.182. The Morgan fingerprint density at radius 2 is 1.61 bits per heavy atom. The summed E-state index contributed by atoms with van der Waals surface area (Å²) in [5.74, 6) is -1.16. The molecule has 2 aromatic carbocycles. The average Bonchev–Trinajstić information content (AvgIpc) is 3.32. The number of methoxy groups -OCH3 is 1. The van der Waals surface area contributed by atoms with Crippen molar-refractivity contribution in [1.29, 1.82) is 0 Å². The first kappa shape index (κ1) is 22.5. The number of benzene rings is 2. The Bertz CT molecular complexity index is 1130. The summed E-state index contributed by atoms with van der Waals surface area (Å²) in [6, 6.07) is 18.6. The van der Waals surface area contributed by atoms with Crippen molar-refractivity contribution in [2.75, 3.05) is 13.7 Å². The lowest BCUT2D eigenvalue weighted by Gasteiger charge is -2.17. The molecule has 0 fully saturated rings. The molecule has 31 heavy (non-hydrogen) atoms. The monoisotopic (exact) mass is 458 g/mol. The first-order valence-electron chi connectivity index (χ1n) is 9.43. The minimum absolute atomic E-state index is 0.104. The number of hydrogen-bond acceptors (Lipinski definition) is 6. The molecular weight excluding hydrogens is 436 g/mol. The molecule has 0 unspecified atom stereocenters. The van der Waals surface area contributed by atoms with Gasteiger partial charge in [0.25, 0.3) is 0 Å². The summed E-state index contributed by atoms with van der Waals surface area (Å²) in [6.07, 6.45) is 0. The van der Waals surface area contributed by atoms with Crippen molar-refractivity contribution in [3.05, 3.63) is 82.6 Å². The maximum Gasteiger partial charge on any atom is 0.309 e. The molecule has 0 radical (unpaired) electrons. The van der Waals surface area contributed by atoms with E-state index in [9.17, 15) is 18.0 Å². The molecule has 1 aromatic heterocycles. The maximum atomic E-state index is 13.1. The number of para-hydroxylation sites is 1. The molecule has 2 amide bonds. The van der Waals surface area contributed by atoms with Gasteiger partial charge in [-0.05, 0) is 29.6 Å². The molecule has 1 atom stereocenters. The Labute approximate surface area is 185 Å². The van der Waals surface area contributed by atoms with Crippen molar-refractivity contribution in [2.45, 2.75) is 16.7 Å². The summed E-state index contributed by atoms with van der Waals surface area (Å²) in [4.78, 5) is 25.3. The van der Waals surface area contributed by atoms with Gasteiger partial charge in [0.1, 0.15) is 11.0 Å². The molecule has 0 saturated heterocycles. The quantitative estimate of drug-likeness (QED) is 0.506. The van der Waals surface area contributed by atoms with E-state index in [1.54, 1.807) is 60.0 Å². The van der Waals surface area contributed by atoms with Gasteiger partial charge in [0, 0.05) is 23.5 Å².